The van der Waals surface area contributed by atoms with Crippen molar-refractivity contribution in [2.75, 3.05) is 0 Å². The van der Waals surface area contributed by atoms with E-state index in [1.165, 1.54) is 13.0 Å². The zero-order chi connectivity index (χ0) is 19.1. The van der Waals surface area contributed by atoms with Gasteiger partial charge in [-0.1, -0.05) is 48.5 Å². The van der Waals surface area contributed by atoms with Crippen LogP contribution >= 0.6 is 0 Å². The number of hydrogen-bond acceptors (Lipinski definition) is 6. The predicted molar refractivity (Wildman–Crippen MR) is 97.8 cm³/mol. The van der Waals surface area contributed by atoms with Crippen LogP contribution in [-0.2, 0) is 20.9 Å². The molecule has 3 aromatic rings. The van der Waals surface area contributed by atoms with Gasteiger partial charge in [-0.15, -0.1) is 10.2 Å². The maximum Gasteiger partial charge on any atom is 0.355 e. The molecule has 0 spiro atoms. The van der Waals surface area contributed by atoms with E-state index >= 15 is 0 Å². The Morgan fingerprint density at radius 1 is 1.04 bits per heavy atom. The lowest BCUT2D eigenvalue weighted by molar-refractivity contribution is -0.142. The quantitative estimate of drug-likeness (QED) is 0.534. The minimum Gasteiger partial charge on any atom is -0.451 e. The Morgan fingerprint density at radius 3 is 2.37 bits per heavy atom. The molecule has 0 bridgehead atoms. The molecule has 0 aliphatic carbocycles. The summed E-state index contributed by atoms with van der Waals surface area (Å²) in [5.74, 6) is -0.584. The Morgan fingerprint density at radius 2 is 1.70 bits per heavy atom. The van der Waals surface area contributed by atoms with Gasteiger partial charge >= 0.3 is 5.97 Å². The van der Waals surface area contributed by atoms with E-state index in [0.29, 0.717) is 5.89 Å². The van der Waals surface area contributed by atoms with Crippen LogP contribution in [0.25, 0.3) is 17.5 Å². The molecule has 0 saturated carbocycles. The summed E-state index contributed by atoms with van der Waals surface area (Å²) in [5, 5.41) is 10.3. The summed E-state index contributed by atoms with van der Waals surface area (Å²) in [6, 6.07) is 18.4. The zero-order valence-corrected chi connectivity index (χ0v) is 14.6. The van der Waals surface area contributed by atoms with Gasteiger partial charge in [-0.25, -0.2) is 4.79 Å². The van der Waals surface area contributed by atoms with Crippen molar-refractivity contribution in [1.82, 2.24) is 15.5 Å². The van der Waals surface area contributed by atoms with Gasteiger partial charge in [0, 0.05) is 12.5 Å². The first kappa shape index (κ1) is 18.1. The molecule has 0 aliphatic rings. The molecule has 1 heterocycles. The molecule has 7 heteroatoms. The molecule has 0 radical (unpaired) electrons. The van der Waals surface area contributed by atoms with Gasteiger partial charge in [-0.2, -0.15) is 0 Å². The summed E-state index contributed by atoms with van der Waals surface area (Å²) in [6.07, 6.45) is 1.53. The third kappa shape index (κ3) is 5.12. The van der Waals surface area contributed by atoms with Crippen LogP contribution in [0.3, 0.4) is 0 Å². The van der Waals surface area contributed by atoms with E-state index in [0.717, 1.165) is 11.1 Å². The van der Waals surface area contributed by atoms with E-state index in [9.17, 15) is 9.59 Å². The van der Waals surface area contributed by atoms with Crippen LogP contribution in [0.4, 0.5) is 0 Å². The SMILES string of the molecule is CC(=O)N/C(=C\c1ccccc1)C(=O)OCc1nnc(-c2ccccc2)o1. The maximum absolute atomic E-state index is 12.3. The van der Waals surface area contributed by atoms with E-state index in [4.69, 9.17) is 9.15 Å². The molecule has 7 nitrogen and oxygen atoms in total. The van der Waals surface area contributed by atoms with Crippen molar-refractivity contribution in [2.24, 2.45) is 0 Å². The Labute approximate surface area is 155 Å². The third-order valence-corrected chi connectivity index (χ3v) is 3.46. The van der Waals surface area contributed by atoms with Crippen LogP contribution in [0.1, 0.15) is 18.4 Å². The number of rotatable bonds is 6. The van der Waals surface area contributed by atoms with Crippen molar-refractivity contribution in [3.05, 3.63) is 77.8 Å². The van der Waals surface area contributed by atoms with Gasteiger partial charge in [0.05, 0.1) is 0 Å². The van der Waals surface area contributed by atoms with Crippen molar-refractivity contribution in [3.63, 3.8) is 0 Å². The Hall–Kier alpha value is -3.74. The lowest BCUT2D eigenvalue weighted by atomic mass is 10.2. The van der Waals surface area contributed by atoms with Crippen LogP contribution < -0.4 is 5.32 Å². The molecule has 0 aliphatic heterocycles. The topological polar surface area (TPSA) is 94.3 Å². The molecule has 0 fully saturated rings. The first-order valence-electron chi connectivity index (χ1n) is 8.21. The van der Waals surface area contributed by atoms with Crippen molar-refractivity contribution >= 4 is 18.0 Å². The Balaban J connectivity index is 1.68. The first-order valence-corrected chi connectivity index (χ1v) is 8.21. The summed E-state index contributed by atoms with van der Waals surface area (Å²) in [4.78, 5) is 23.7. The van der Waals surface area contributed by atoms with Gasteiger partial charge in [-0.05, 0) is 23.8 Å². The zero-order valence-electron chi connectivity index (χ0n) is 14.6. The molecular formula is C20H17N3O4. The van der Waals surface area contributed by atoms with Gasteiger partial charge in [-0.3, -0.25) is 4.79 Å². The second-order valence-electron chi connectivity index (χ2n) is 5.59. The Kier molecular flexibility index (Phi) is 5.73. The van der Waals surface area contributed by atoms with Crippen LogP contribution in [0.5, 0.6) is 0 Å². The highest BCUT2D eigenvalue weighted by atomic mass is 16.5. The molecule has 0 atom stereocenters. The standard InChI is InChI=1S/C20H17N3O4/c1-14(24)21-17(12-15-8-4-2-5-9-15)20(25)26-13-18-22-23-19(27-18)16-10-6-3-7-11-16/h2-12H,13H2,1H3,(H,21,24)/b17-12-. The van der Waals surface area contributed by atoms with Crippen LogP contribution in [0.2, 0.25) is 0 Å². The molecule has 1 amide bonds. The minimum atomic E-state index is -0.700. The maximum atomic E-state index is 12.3. The highest BCUT2D eigenvalue weighted by molar-refractivity contribution is 5.97. The summed E-state index contributed by atoms with van der Waals surface area (Å²) in [5.41, 5.74) is 1.55. The largest absolute Gasteiger partial charge is 0.451 e. The lowest BCUT2D eigenvalue weighted by Crippen LogP contribution is -2.26. The second-order valence-corrected chi connectivity index (χ2v) is 5.59. The van der Waals surface area contributed by atoms with Crippen LogP contribution in [0, 0.1) is 0 Å². The molecular weight excluding hydrogens is 346 g/mol. The third-order valence-electron chi connectivity index (χ3n) is 3.46. The fourth-order valence-corrected chi connectivity index (χ4v) is 2.27. The van der Waals surface area contributed by atoms with E-state index in [-0.39, 0.29) is 24.1 Å². The van der Waals surface area contributed by atoms with Crippen LogP contribution in [0.15, 0.2) is 70.8 Å². The van der Waals surface area contributed by atoms with E-state index in [1.54, 1.807) is 12.1 Å². The first-order chi connectivity index (χ1) is 13.1. The van der Waals surface area contributed by atoms with Crippen molar-refractivity contribution in [3.8, 4) is 11.5 Å². The molecule has 0 unspecified atom stereocenters. The average Bonchev–Trinajstić information content (AvgIpc) is 3.16. The lowest BCUT2D eigenvalue weighted by Gasteiger charge is -2.07. The van der Waals surface area contributed by atoms with Crippen molar-refractivity contribution < 1.29 is 18.7 Å². The summed E-state index contributed by atoms with van der Waals surface area (Å²) in [7, 11) is 0. The molecule has 3 rings (SSSR count). The number of carbonyl (C=O) groups is 2. The summed E-state index contributed by atoms with van der Waals surface area (Å²) < 4.78 is 10.7. The fourth-order valence-electron chi connectivity index (χ4n) is 2.27. The highest BCUT2D eigenvalue weighted by Crippen LogP contribution is 2.17. The number of nitrogens with zero attached hydrogens (tertiary/aromatic N) is 2. The van der Waals surface area contributed by atoms with E-state index in [2.05, 4.69) is 15.5 Å². The number of hydrogen-bond donors (Lipinski definition) is 1. The highest BCUT2D eigenvalue weighted by Gasteiger charge is 2.15. The second kappa shape index (κ2) is 8.57. The van der Waals surface area contributed by atoms with Crippen molar-refractivity contribution in [1.29, 1.82) is 0 Å². The summed E-state index contributed by atoms with van der Waals surface area (Å²) >= 11 is 0. The monoisotopic (exact) mass is 363 g/mol. The fraction of sp³-hybridized carbons (Fsp3) is 0.100. The molecule has 1 aromatic heterocycles. The van der Waals surface area contributed by atoms with Gasteiger partial charge in [0.1, 0.15) is 5.70 Å². The smallest absolute Gasteiger partial charge is 0.355 e. The Bertz CT molecular complexity index is 950. The minimum absolute atomic E-state index is 0.0245. The normalized spacial score (nSPS) is 11.1. The molecule has 0 saturated heterocycles. The predicted octanol–water partition coefficient (Wildman–Crippen LogP) is 2.96. The van der Waals surface area contributed by atoms with E-state index in [1.807, 2.05) is 48.5 Å². The van der Waals surface area contributed by atoms with Gasteiger partial charge in [0.25, 0.3) is 5.89 Å². The number of benzene rings is 2. The molecule has 27 heavy (non-hydrogen) atoms. The molecule has 136 valence electrons. The van der Waals surface area contributed by atoms with Gasteiger partial charge in [0.2, 0.25) is 11.8 Å². The number of esters is 1. The average molecular weight is 363 g/mol. The number of nitrogens with one attached hydrogen (secondary N) is 1. The van der Waals surface area contributed by atoms with Gasteiger partial charge < -0.3 is 14.5 Å². The summed E-state index contributed by atoms with van der Waals surface area (Å²) in [6.45, 7) is 1.11. The number of carbonyl (C=O) groups excluding carboxylic acids is 2. The number of aromatic nitrogens is 2. The van der Waals surface area contributed by atoms with Crippen molar-refractivity contribution in [2.45, 2.75) is 13.5 Å². The number of ether oxygens (including phenoxy) is 1. The van der Waals surface area contributed by atoms with Gasteiger partial charge in [0.15, 0.2) is 6.61 Å². The van der Waals surface area contributed by atoms with Crippen LogP contribution in [-0.4, -0.2) is 22.1 Å². The molecule has 1 N–H and O–H groups in total. The van der Waals surface area contributed by atoms with E-state index < -0.39 is 5.97 Å². The molecule has 2 aromatic carbocycles. The number of amides is 1.